The molecular weight excluding hydrogens is 222 g/mol. The first kappa shape index (κ1) is 13.1. The van der Waals surface area contributed by atoms with Gasteiger partial charge in [-0.3, -0.25) is 0 Å². The first-order chi connectivity index (χ1) is 7.63. The summed E-state index contributed by atoms with van der Waals surface area (Å²) in [5.74, 6) is 0.901. The van der Waals surface area contributed by atoms with Crippen LogP contribution in [0.15, 0.2) is 35.9 Å². The van der Waals surface area contributed by atoms with Crippen LogP contribution in [0, 0.1) is 0 Å². The second-order valence-electron chi connectivity index (χ2n) is 3.63. The van der Waals surface area contributed by atoms with E-state index in [0.717, 1.165) is 5.75 Å². The topological polar surface area (TPSA) is 21.3 Å². The smallest absolute Gasteiger partial charge is 0.119 e. The van der Waals surface area contributed by atoms with Crippen LogP contribution in [0.5, 0.6) is 5.75 Å². The zero-order valence-electron chi connectivity index (χ0n) is 9.79. The minimum Gasteiger partial charge on any atom is -0.494 e. The highest BCUT2D eigenvalue weighted by molar-refractivity contribution is 6.29. The van der Waals surface area contributed by atoms with Crippen molar-refractivity contribution in [1.29, 1.82) is 0 Å². The molecule has 0 bridgehead atoms. The standard InChI is InChI=1S/C13H18ClNO/c1-4-16-13-7-5-6-12(8-13)11(3)15-9-10(2)14/h5-8,11,15H,2,4,9H2,1,3H3. The monoisotopic (exact) mass is 239 g/mol. The number of rotatable bonds is 6. The molecule has 0 aliphatic heterocycles. The van der Waals surface area contributed by atoms with Crippen molar-refractivity contribution in [1.82, 2.24) is 5.32 Å². The molecule has 3 heteroatoms. The zero-order chi connectivity index (χ0) is 12.0. The van der Waals surface area contributed by atoms with Gasteiger partial charge in [-0.25, -0.2) is 0 Å². The Morgan fingerprint density at radius 1 is 1.56 bits per heavy atom. The van der Waals surface area contributed by atoms with Gasteiger partial charge in [-0.05, 0) is 31.5 Å². The van der Waals surface area contributed by atoms with Gasteiger partial charge in [0.15, 0.2) is 0 Å². The van der Waals surface area contributed by atoms with Gasteiger partial charge in [0.05, 0.1) is 6.61 Å². The Kier molecular flexibility index (Phi) is 5.36. The van der Waals surface area contributed by atoms with Crippen molar-refractivity contribution < 1.29 is 4.74 Å². The Labute approximate surface area is 102 Å². The van der Waals surface area contributed by atoms with E-state index in [-0.39, 0.29) is 6.04 Å². The molecule has 0 heterocycles. The first-order valence-electron chi connectivity index (χ1n) is 5.43. The largest absolute Gasteiger partial charge is 0.494 e. The average molecular weight is 240 g/mol. The molecule has 1 atom stereocenters. The molecule has 0 aromatic heterocycles. The molecule has 0 aliphatic rings. The number of ether oxygens (including phenoxy) is 1. The third-order valence-electron chi connectivity index (χ3n) is 2.27. The van der Waals surface area contributed by atoms with Crippen molar-refractivity contribution >= 4 is 11.6 Å². The van der Waals surface area contributed by atoms with Crippen LogP contribution in [-0.4, -0.2) is 13.2 Å². The van der Waals surface area contributed by atoms with E-state index in [2.05, 4.69) is 24.9 Å². The lowest BCUT2D eigenvalue weighted by Crippen LogP contribution is -2.19. The Hall–Kier alpha value is -0.990. The van der Waals surface area contributed by atoms with Crippen LogP contribution in [0.25, 0.3) is 0 Å². The molecule has 0 saturated heterocycles. The zero-order valence-corrected chi connectivity index (χ0v) is 10.6. The van der Waals surface area contributed by atoms with E-state index in [1.165, 1.54) is 5.56 Å². The van der Waals surface area contributed by atoms with Crippen LogP contribution in [-0.2, 0) is 0 Å². The van der Waals surface area contributed by atoms with E-state index in [1.54, 1.807) is 0 Å². The number of halogens is 1. The van der Waals surface area contributed by atoms with Gasteiger partial charge in [0.25, 0.3) is 0 Å². The van der Waals surface area contributed by atoms with Gasteiger partial charge in [-0.15, -0.1) is 0 Å². The minimum atomic E-state index is 0.232. The fraction of sp³-hybridized carbons (Fsp3) is 0.385. The summed E-state index contributed by atoms with van der Waals surface area (Å²) >= 11 is 5.71. The van der Waals surface area contributed by atoms with E-state index >= 15 is 0 Å². The minimum absolute atomic E-state index is 0.232. The molecule has 88 valence electrons. The van der Waals surface area contributed by atoms with E-state index in [0.29, 0.717) is 18.2 Å². The van der Waals surface area contributed by atoms with E-state index in [4.69, 9.17) is 16.3 Å². The van der Waals surface area contributed by atoms with E-state index < -0.39 is 0 Å². The summed E-state index contributed by atoms with van der Waals surface area (Å²) < 4.78 is 5.45. The van der Waals surface area contributed by atoms with Gasteiger partial charge >= 0.3 is 0 Å². The highest BCUT2D eigenvalue weighted by Gasteiger charge is 2.05. The number of benzene rings is 1. The van der Waals surface area contributed by atoms with Crippen molar-refractivity contribution in [3.05, 3.63) is 41.4 Å². The van der Waals surface area contributed by atoms with Crippen LogP contribution in [0.3, 0.4) is 0 Å². The Morgan fingerprint density at radius 2 is 2.31 bits per heavy atom. The molecule has 0 aliphatic carbocycles. The molecule has 1 rings (SSSR count). The van der Waals surface area contributed by atoms with Gasteiger partial charge in [0.1, 0.15) is 5.75 Å². The Bertz CT molecular complexity index is 352. The van der Waals surface area contributed by atoms with Crippen molar-refractivity contribution in [2.45, 2.75) is 19.9 Å². The summed E-state index contributed by atoms with van der Waals surface area (Å²) in [6, 6.07) is 8.29. The molecule has 1 aromatic rings. The SMILES string of the molecule is C=C(Cl)CNC(C)c1cccc(OCC)c1. The number of nitrogens with one attached hydrogen (secondary N) is 1. The summed E-state index contributed by atoms with van der Waals surface area (Å²) in [5, 5.41) is 3.90. The molecule has 1 N–H and O–H groups in total. The number of hydrogen-bond donors (Lipinski definition) is 1. The lowest BCUT2D eigenvalue weighted by Gasteiger charge is -2.14. The molecule has 1 aromatic carbocycles. The average Bonchev–Trinajstić information content (AvgIpc) is 2.26. The maximum absolute atomic E-state index is 5.71. The van der Waals surface area contributed by atoms with Crippen LogP contribution < -0.4 is 10.1 Å². The van der Waals surface area contributed by atoms with Crippen molar-refractivity contribution in [2.75, 3.05) is 13.2 Å². The van der Waals surface area contributed by atoms with E-state index in [9.17, 15) is 0 Å². The molecule has 0 radical (unpaired) electrons. The fourth-order valence-electron chi connectivity index (χ4n) is 1.42. The molecule has 0 saturated carbocycles. The summed E-state index contributed by atoms with van der Waals surface area (Å²) in [6.07, 6.45) is 0. The van der Waals surface area contributed by atoms with Gasteiger partial charge in [-0.2, -0.15) is 0 Å². The Morgan fingerprint density at radius 3 is 2.94 bits per heavy atom. The predicted octanol–water partition coefficient (Wildman–Crippen LogP) is 3.49. The van der Waals surface area contributed by atoms with Gasteiger partial charge < -0.3 is 10.1 Å². The molecule has 0 amide bonds. The molecule has 16 heavy (non-hydrogen) atoms. The number of hydrogen-bond acceptors (Lipinski definition) is 2. The normalized spacial score (nSPS) is 12.2. The first-order valence-corrected chi connectivity index (χ1v) is 5.80. The highest BCUT2D eigenvalue weighted by atomic mass is 35.5. The molecule has 0 fully saturated rings. The highest BCUT2D eigenvalue weighted by Crippen LogP contribution is 2.19. The molecular formula is C13H18ClNO. The summed E-state index contributed by atoms with van der Waals surface area (Å²) in [5.41, 5.74) is 1.18. The fourth-order valence-corrected chi connectivity index (χ4v) is 1.50. The van der Waals surface area contributed by atoms with E-state index in [1.807, 2.05) is 25.1 Å². The maximum Gasteiger partial charge on any atom is 0.119 e. The maximum atomic E-state index is 5.71. The Balaban J connectivity index is 2.63. The third kappa shape index (κ3) is 4.25. The quantitative estimate of drug-likeness (QED) is 0.821. The summed E-state index contributed by atoms with van der Waals surface area (Å²) in [4.78, 5) is 0. The van der Waals surface area contributed by atoms with Crippen molar-refractivity contribution in [2.24, 2.45) is 0 Å². The van der Waals surface area contributed by atoms with Crippen molar-refractivity contribution in [3.8, 4) is 5.75 Å². The third-order valence-corrected chi connectivity index (χ3v) is 2.40. The van der Waals surface area contributed by atoms with Gasteiger partial charge in [-0.1, -0.05) is 30.3 Å². The molecule has 1 unspecified atom stereocenters. The lowest BCUT2D eigenvalue weighted by molar-refractivity contribution is 0.339. The van der Waals surface area contributed by atoms with Crippen LogP contribution in [0.1, 0.15) is 25.5 Å². The molecule has 0 spiro atoms. The van der Waals surface area contributed by atoms with Gasteiger partial charge in [0, 0.05) is 17.6 Å². The van der Waals surface area contributed by atoms with Crippen molar-refractivity contribution in [3.63, 3.8) is 0 Å². The van der Waals surface area contributed by atoms with Gasteiger partial charge in [0.2, 0.25) is 0 Å². The van der Waals surface area contributed by atoms with Crippen LogP contribution in [0.4, 0.5) is 0 Å². The second kappa shape index (κ2) is 6.56. The predicted molar refractivity (Wildman–Crippen MR) is 69.0 cm³/mol. The summed E-state index contributed by atoms with van der Waals surface area (Å²) in [7, 11) is 0. The summed E-state index contributed by atoms with van der Waals surface area (Å²) in [6.45, 7) is 9.01. The van der Waals surface area contributed by atoms with Crippen LogP contribution in [0.2, 0.25) is 0 Å². The lowest BCUT2D eigenvalue weighted by atomic mass is 10.1. The molecule has 2 nitrogen and oxygen atoms in total. The van der Waals surface area contributed by atoms with Crippen LogP contribution >= 0.6 is 11.6 Å². The second-order valence-corrected chi connectivity index (χ2v) is 4.16.